The maximum atomic E-state index is 5.92. The van der Waals surface area contributed by atoms with E-state index in [4.69, 9.17) is 11.6 Å². The van der Waals surface area contributed by atoms with E-state index in [1.54, 1.807) is 6.20 Å². The maximum absolute atomic E-state index is 5.92. The summed E-state index contributed by atoms with van der Waals surface area (Å²) >= 11 is 5.92. The zero-order valence-electron chi connectivity index (χ0n) is 8.26. The van der Waals surface area contributed by atoms with Gasteiger partial charge in [-0.3, -0.25) is 4.57 Å². The lowest BCUT2D eigenvalue weighted by atomic mass is 10.4. The minimum atomic E-state index is 0.394. The molecule has 0 atom stereocenters. The standard InChI is InChI=1S/C9H10ClN5/c1-2-8-13-14-9(10)15(8)5-7-3-4-11-6-12-7/h3-4,6H,2,5H2,1H3. The Kier molecular flexibility index (Phi) is 2.91. The van der Waals surface area contributed by atoms with Crippen molar-refractivity contribution < 1.29 is 0 Å². The van der Waals surface area contributed by atoms with Crippen LogP contribution in [0, 0.1) is 0 Å². The van der Waals surface area contributed by atoms with Crippen LogP contribution in [0.3, 0.4) is 0 Å². The van der Waals surface area contributed by atoms with Gasteiger partial charge in [0.1, 0.15) is 12.2 Å². The fourth-order valence-corrected chi connectivity index (χ4v) is 1.50. The van der Waals surface area contributed by atoms with Gasteiger partial charge in [-0.15, -0.1) is 10.2 Å². The van der Waals surface area contributed by atoms with E-state index in [-0.39, 0.29) is 0 Å². The lowest BCUT2D eigenvalue weighted by Gasteiger charge is -2.04. The summed E-state index contributed by atoms with van der Waals surface area (Å²) in [5.74, 6) is 0.860. The van der Waals surface area contributed by atoms with Gasteiger partial charge in [0.15, 0.2) is 0 Å². The maximum Gasteiger partial charge on any atom is 0.225 e. The van der Waals surface area contributed by atoms with Crippen molar-refractivity contribution in [1.82, 2.24) is 24.7 Å². The van der Waals surface area contributed by atoms with Crippen LogP contribution in [0.15, 0.2) is 18.6 Å². The summed E-state index contributed by atoms with van der Waals surface area (Å²) in [7, 11) is 0. The predicted octanol–water partition coefficient (Wildman–Crippen LogP) is 1.33. The number of nitrogens with zero attached hydrogens (tertiary/aromatic N) is 5. The van der Waals surface area contributed by atoms with Gasteiger partial charge >= 0.3 is 0 Å². The monoisotopic (exact) mass is 223 g/mol. The zero-order valence-corrected chi connectivity index (χ0v) is 9.02. The lowest BCUT2D eigenvalue weighted by molar-refractivity contribution is 0.715. The molecular weight excluding hydrogens is 214 g/mol. The molecule has 0 fully saturated rings. The molecule has 0 saturated heterocycles. The summed E-state index contributed by atoms with van der Waals surface area (Å²) in [5, 5.41) is 8.18. The average Bonchev–Trinajstić information content (AvgIpc) is 2.62. The van der Waals surface area contributed by atoms with E-state index in [0.717, 1.165) is 17.9 Å². The van der Waals surface area contributed by atoms with Crippen molar-refractivity contribution in [2.45, 2.75) is 19.9 Å². The third-order valence-electron chi connectivity index (χ3n) is 2.06. The summed E-state index contributed by atoms with van der Waals surface area (Å²) in [5.41, 5.74) is 0.890. The summed E-state index contributed by atoms with van der Waals surface area (Å²) in [4.78, 5) is 7.98. The molecule has 15 heavy (non-hydrogen) atoms. The molecular formula is C9H10ClN5. The highest BCUT2D eigenvalue weighted by Crippen LogP contribution is 2.10. The van der Waals surface area contributed by atoms with E-state index in [9.17, 15) is 0 Å². The Morgan fingerprint density at radius 3 is 2.93 bits per heavy atom. The van der Waals surface area contributed by atoms with Crippen LogP contribution >= 0.6 is 11.6 Å². The SMILES string of the molecule is CCc1nnc(Cl)n1Cc1ccncn1. The van der Waals surface area contributed by atoms with E-state index in [1.165, 1.54) is 6.33 Å². The first-order chi connectivity index (χ1) is 7.31. The number of aromatic nitrogens is 5. The highest BCUT2D eigenvalue weighted by atomic mass is 35.5. The second-order valence-electron chi connectivity index (χ2n) is 3.03. The van der Waals surface area contributed by atoms with Crippen molar-refractivity contribution in [3.63, 3.8) is 0 Å². The number of hydrogen-bond acceptors (Lipinski definition) is 4. The summed E-state index contributed by atoms with van der Waals surface area (Å²) in [6.45, 7) is 2.59. The number of hydrogen-bond donors (Lipinski definition) is 0. The molecule has 5 nitrogen and oxygen atoms in total. The topological polar surface area (TPSA) is 56.5 Å². The highest BCUT2D eigenvalue weighted by Gasteiger charge is 2.08. The van der Waals surface area contributed by atoms with Crippen LogP contribution in [-0.2, 0) is 13.0 Å². The van der Waals surface area contributed by atoms with Gasteiger partial charge in [0.05, 0.1) is 12.2 Å². The summed E-state index contributed by atoms with van der Waals surface area (Å²) < 4.78 is 1.84. The summed E-state index contributed by atoms with van der Waals surface area (Å²) in [6, 6.07) is 1.84. The van der Waals surface area contributed by atoms with Crippen LogP contribution in [0.1, 0.15) is 18.4 Å². The Bertz CT molecular complexity index is 439. The predicted molar refractivity (Wildman–Crippen MR) is 55.5 cm³/mol. The van der Waals surface area contributed by atoms with Crippen molar-refractivity contribution in [2.24, 2.45) is 0 Å². The molecule has 0 aliphatic heterocycles. The second kappa shape index (κ2) is 4.35. The van der Waals surface area contributed by atoms with Gasteiger partial charge in [-0.2, -0.15) is 0 Å². The Morgan fingerprint density at radius 1 is 1.40 bits per heavy atom. The molecule has 2 aromatic heterocycles. The van der Waals surface area contributed by atoms with E-state index < -0.39 is 0 Å². The van der Waals surface area contributed by atoms with Crippen molar-refractivity contribution in [3.05, 3.63) is 35.4 Å². The van der Waals surface area contributed by atoms with Crippen LogP contribution in [0.5, 0.6) is 0 Å². The highest BCUT2D eigenvalue weighted by molar-refractivity contribution is 6.28. The Hall–Kier alpha value is -1.49. The molecule has 0 aromatic carbocycles. The van der Waals surface area contributed by atoms with E-state index >= 15 is 0 Å². The van der Waals surface area contributed by atoms with Crippen LogP contribution < -0.4 is 0 Å². The molecule has 6 heteroatoms. The Balaban J connectivity index is 2.27. The minimum Gasteiger partial charge on any atom is -0.296 e. The van der Waals surface area contributed by atoms with Crippen molar-refractivity contribution in [3.8, 4) is 0 Å². The quantitative estimate of drug-likeness (QED) is 0.788. The van der Waals surface area contributed by atoms with Gasteiger partial charge in [0, 0.05) is 12.6 Å². The largest absolute Gasteiger partial charge is 0.296 e. The molecule has 2 rings (SSSR count). The number of rotatable bonds is 3. The molecule has 0 bridgehead atoms. The van der Waals surface area contributed by atoms with Crippen LogP contribution in [-0.4, -0.2) is 24.7 Å². The fourth-order valence-electron chi connectivity index (χ4n) is 1.31. The molecule has 0 unspecified atom stereocenters. The van der Waals surface area contributed by atoms with E-state index in [1.807, 2.05) is 17.6 Å². The van der Waals surface area contributed by atoms with E-state index in [0.29, 0.717) is 11.8 Å². The smallest absolute Gasteiger partial charge is 0.225 e. The first-order valence-electron chi connectivity index (χ1n) is 4.63. The lowest BCUT2D eigenvalue weighted by Crippen LogP contribution is -2.06. The molecule has 2 heterocycles. The van der Waals surface area contributed by atoms with E-state index in [2.05, 4.69) is 20.2 Å². The van der Waals surface area contributed by atoms with Gasteiger partial charge in [0.2, 0.25) is 5.28 Å². The molecule has 0 aliphatic rings. The fraction of sp³-hybridized carbons (Fsp3) is 0.333. The average molecular weight is 224 g/mol. The Labute approximate surface area is 92.2 Å². The van der Waals surface area contributed by atoms with Gasteiger partial charge < -0.3 is 0 Å². The van der Waals surface area contributed by atoms with Gasteiger partial charge in [-0.1, -0.05) is 6.92 Å². The Morgan fingerprint density at radius 2 is 2.27 bits per heavy atom. The molecule has 0 N–H and O–H groups in total. The van der Waals surface area contributed by atoms with Crippen molar-refractivity contribution >= 4 is 11.6 Å². The second-order valence-corrected chi connectivity index (χ2v) is 3.36. The third kappa shape index (κ3) is 2.12. The minimum absolute atomic E-state index is 0.394. The van der Waals surface area contributed by atoms with Crippen LogP contribution in [0.4, 0.5) is 0 Å². The molecule has 0 saturated carbocycles. The van der Waals surface area contributed by atoms with Crippen LogP contribution in [0.25, 0.3) is 0 Å². The molecule has 0 amide bonds. The van der Waals surface area contributed by atoms with Crippen molar-refractivity contribution in [2.75, 3.05) is 0 Å². The van der Waals surface area contributed by atoms with Gasteiger partial charge in [-0.25, -0.2) is 9.97 Å². The molecule has 78 valence electrons. The molecule has 0 radical (unpaired) electrons. The molecule has 0 spiro atoms. The molecule has 2 aromatic rings. The normalized spacial score (nSPS) is 10.5. The first-order valence-corrected chi connectivity index (χ1v) is 5.01. The van der Waals surface area contributed by atoms with Gasteiger partial charge in [0.25, 0.3) is 0 Å². The third-order valence-corrected chi connectivity index (χ3v) is 2.34. The number of halogens is 1. The van der Waals surface area contributed by atoms with Crippen molar-refractivity contribution in [1.29, 1.82) is 0 Å². The first kappa shape index (κ1) is 10.0. The zero-order chi connectivity index (χ0) is 10.7. The van der Waals surface area contributed by atoms with Gasteiger partial charge in [-0.05, 0) is 17.7 Å². The van der Waals surface area contributed by atoms with Crippen LogP contribution in [0.2, 0.25) is 5.28 Å². The summed E-state index contributed by atoms with van der Waals surface area (Å²) in [6.07, 6.45) is 4.01. The number of aryl methyl sites for hydroxylation is 1. The molecule has 0 aliphatic carbocycles.